The molecule has 0 aromatic rings. The zero-order valence-electron chi connectivity index (χ0n) is 12.8. The molecule has 1 rings (SSSR count). The molecular formula is C16H27NO4. The van der Waals surface area contributed by atoms with Gasteiger partial charge in [0.05, 0.1) is 6.61 Å². The highest BCUT2D eigenvalue weighted by Crippen LogP contribution is 2.26. The number of carboxylic acid groups (broad SMARTS) is 1. The molecule has 0 saturated heterocycles. The van der Waals surface area contributed by atoms with E-state index in [4.69, 9.17) is 4.74 Å². The largest absolute Gasteiger partial charge is 0.480 e. The Kier molecular flexibility index (Phi) is 7.87. The summed E-state index contributed by atoms with van der Waals surface area (Å²) in [7, 11) is 0. The van der Waals surface area contributed by atoms with Gasteiger partial charge in [0.25, 0.3) is 0 Å². The summed E-state index contributed by atoms with van der Waals surface area (Å²) in [6.07, 6.45) is 7.91. The summed E-state index contributed by atoms with van der Waals surface area (Å²) >= 11 is 0. The van der Waals surface area contributed by atoms with Crippen molar-refractivity contribution in [1.82, 2.24) is 5.32 Å². The Morgan fingerprint density at radius 1 is 1.38 bits per heavy atom. The van der Waals surface area contributed by atoms with Crippen LogP contribution in [-0.4, -0.2) is 29.8 Å². The summed E-state index contributed by atoms with van der Waals surface area (Å²) in [4.78, 5) is 23.1. The van der Waals surface area contributed by atoms with E-state index in [0.29, 0.717) is 6.61 Å². The fraction of sp³-hybridized carbons (Fsp3) is 0.750. The second-order valence-corrected chi connectivity index (χ2v) is 5.93. The van der Waals surface area contributed by atoms with Crippen molar-refractivity contribution >= 4 is 12.1 Å². The third-order valence-corrected chi connectivity index (χ3v) is 4.02. The number of hydrogen-bond acceptors (Lipinski definition) is 3. The number of carbonyl (C=O) groups is 2. The van der Waals surface area contributed by atoms with E-state index in [-0.39, 0.29) is 11.8 Å². The molecule has 0 heterocycles. The minimum atomic E-state index is -0.974. The summed E-state index contributed by atoms with van der Waals surface area (Å²) in [5, 5.41) is 11.8. The van der Waals surface area contributed by atoms with Gasteiger partial charge in [0.2, 0.25) is 0 Å². The van der Waals surface area contributed by atoms with Gasteiger partial charge >= 0.3 is 12.1 Å². The smallest absolute Gasteiger partial charge is 0.407 e. The molecule has 0 aliphatic heterocycles. The molecule has 5 heteroatoms. The lowest BCUT2D eigenvalue weighted by Gasteiger charge is -2.27. The maximum Gasteiger partial charge on any atom is 0.407 e. The average molecular weight is 297 g/mol. The first-order valence-electron chi connectivity index (χ1n) is 7.81. The van der Waals surface area contributed by atoms with Gasteiger partial charge in [0, 0.05) is 0 Å². The Bertz CT molecular complexity index is 350. The van der Waals surface area contributed by atoms with Crippen LogP contribution >= 0.6 is 0 Å². The van der Waals surface area contributed by atoms with Gasteiger partial charge in [-0.25, -0.2) is 9.59 Å². The highest BCUT2D eigenvalue weighted by atomic mass is 16.5. The van der Waals surface area contributed by atoms with Gasteiger partial charge in [-0.1, -0.05) is 32.3 Å². The summed E-state index contributed by atoms with van der Waals surface area (Å²) in [5.41, 5.74) is 0. The normalized spacial score (nSPS) is 18.5. The van der Waals surface area contributed by atoms with Crippen molar-refractivity contribution in [2.24, 2.45) is 11.8 Å². The Labute approximate surface area is 126 Å². The summed E-state index contributed by atoms with van der Waals surface area (Å²) < 4.78 is 5.12. The molecule has 2 N–H and O–H groups in total. The zero-order chi connectivity index (χ0) is 15.7. The number of nitrogens with one attached hydrogen (secondary N) is 1. The number of carboxylic acids is 1. The van der Waals surface area contributed by atoms with Crippen molar-refractivity contribution in [2.75, 3.05) is 6.61 Å². The topological polar surface area (TPSA) is 75.6 Å². The molecule has 5 nitrogen and oxygen atoms in total. The van der Waals surface area contributed by atoms with Gasteiger partial charge in [0.15, 0.2) is 0 Å². The number of allylic oxidation sites excluding steroid dienone is 1. The van der Waals surface area contributed by atoms with Crippen LogP contribution in [0.3, 0.4) is 0 Å². The number of amides is 1. The van der Waals surface area contributed by atoms with E-state index < -0.39 is 18.1 Å². The predicted molar refractivity (Wildman–Crippen MR) is 81.1 cm³/mol. The number of rotatable bonds is 8. The van der Waals surface area contributed by atoms with E-state index in [9.17, 15) is 14.7 Å². The molecule has 0 aromatic carbocycles. The standard InChI is InChI=1S/C16H27NO4/c1-3-4-8-12(2)11-21-16(20)17-14(15(18)19)13-9-6-5-7-10-13/h3,12-14H,1,4-11H2,2H3,(H,17,20)(H,18,19)/t12-,14+/m0/s1. The van der Waals surface area contributed by atoms with Crippen molar-refractivity contribution in [1.29, 1.82) is 0 Å². The van der Waals surface area contributed by atoms with Crippen molar-refractivity contribution in [3.05, 3.63) is 12.7 Å². The molecule has 0 spiro atoms. The molecule has 2 atom stereocenters. The highest BCUT2D eigenvalue weighted by Gasteiger charge is 2.31. The molecule has 120 valence electrons. The van der Waals surface area contributed by atoms with E-state index in [1.807, 2.05) is 13.0 Å². The number of alkyl carbamates (subject to hydrolysis) is 1. The molecular weight excluding hydrogens is 270 g/mol. The van der Waals surface area contributed by atoms with Crippen LogP contribution in [-0.2, 0) is 9.53 Å². The van der Waals surface area contributed by atoms with Crippen LogP contribution in [0.5, 0.6) is 0 Å². The summed E-state index contributed by atoms with van der Waals surface area (Å²) in [6, 6.07) is -0.832. The molecule has 0 radical (unpaired) electrons. The number of carbonyl (C=O) groups excluding carboxylic acids is 1. The minimum absolute atomic E-state index is 0.0157. The molecule has 1 fully saturated rings. The Balaban J connectivity index is 2.38. The fourth-order valence-electron chi connectivity index (χ4n) is 2.72. The van der Waals surface area contributed by atoms with Crippen LogP contribution in [0.2, 0.25) is 0 Å². The van der Waals surface area contributed by atoms with Crippen LogP contribution < -0.4 is 5.32 Å². The maximum absolute atomic E-state index is 11.8. The number of ether oxygens (including phenoxy) is 1. The third kappa shape index (κ3) is 6.65. The first kappa shape index (κ1) is 17.5. The lowest BCUT2D eigenvalue weighted by Crippen LogP contribution is -2.47. The molecule has 0 bridgehead atoms. The summed E-state index contributed by atoms with van der Waals surface area (Å²) in [6.45, 7) is 5.95. The van der Waals surface area contributed by atoms with Gasteiger partial charge in [-0.2, -0.15) is 0 Å². The zero-order valence-corrected chi connectivity index (χ0v) is 12.8. The predicted octanol–water partition coefficient (Wildman–Crippen LogP) is 3.35. The second kappa shape index (κ2) is 9.42. The average Bonchev–Trinajstić information content (AvgIpc) is 2.49. The number of hydrogen-bond donors (Lipinski definition) is 2. The molecule has 1 saturated carbocycles. The van der Waals surface area contributed by atoms with E-state index in [0.717, 1.165) is 44.9 Å². The molecule has 1 aliphatic rings. The Morgan fingerprint density at radius 3 is 2.62 bits per heavy atom. The van der Waals surface area contributed by atoms with Gasteiger partial charge in [-0.05, 0) is 37.5 Å². The van der Waals surface area contributed by atoms with E-state index in [2.05, 4.69) is 11.9 Å². The molecule has 1 amide bonds. The molecule has 21 heavy (non-hydrogen) atoms. The first-order chi connectivity index (χ1) is 10.0. The maximum atomic E-state index is 11.8. The van der Waals surface area contributed by atoms with E-state index >= 15 is 0 Å². The third-order valence-electron chi connectivity index (χ3n) is 4.02. The SMILES string of the molecule is C=CCC[C@H](C)COC(=O)N[C@@H](C(=O)O)C1CCCCC1. The monoisotopic (exact) mass is 297 g/mol. The molecule has 0 unspecified atom stereocenters. The van der Waals surface area contributed by atoms with Gasteiger partial charge in [-0.15, -0.1) is 6.58 Å². The van der Waals surface area contributed by atoms with Gasteiger partial charge in [0.1, 0.15) is 6.04 Å². The lowest BCUT2D eigenvalue weighted by atomic mass is 9.84. The number of aliphatic carboxylic acids is 1. The van der Waals surface area contributed by atoms with Crippen LogP contribution in [0.1, 0.15) is 51.9 Å². The fourth-order valence-corrected chi connectivity index (χ4v) is 2.72. The van der Waals surface area contributed by atoms with Crippen LogP contribution in [0.15, 0.2) is 12.7 Å². The van der Waals surface area contributed by atoms with Crippen molar-refractivity contribution < 1.29 is 19.4 Å². The van der Waals surface area contributed by atoms with Crippen LogP contribution in [0, 0.1) is 11.8 Å². The van der Waals surface area contributed by atoms with Crippen LogP contribution in [0.25, 0.3) is 0 Å². The molecule has 0 aromatic heterocycles. The lowest BCUT2D eigenvalue weighted by molar-refractivity contribution is -0.141. The Morgan fingerprint density at radius 2 is 2.05 bits per heavy atom. The van der Waals surface area contributed by atoms with Gasteiger partial charge in [-0.3, -0.25) is 0 Å². The van der Waals surface area contributed by atoms with Gasteiger partial charge < -0.3 is 15.2 Å². The van der Waals surface area contributed by atoms with Crippen molar-refractivity contribution in [2.45, 2.75) is 57.9 Å². The first-order valence-corrected chi connectivity index (χ1v) is 7.81. The molecule has 1 aliphatic carbocycles. The minimum Gasteiger partial charge on any atom is -0.480 e. The van der Waals surface area contributed by atoms with E-state index in [1.54, 1.807) is 0 Å². The van der Waals surface area contributed by atoms with E-state index in [1.165, 1.54) is 0 Å². The van der Waals surface area contributed by atoms with Crippen molar-refractivity contribution in [3.8, 4) is 0 Å². The Hall–Kier alpha value is -1.52. The van der Waals surface area contributed by atoms with Crippen LogP contribution in [0.4, 0.5) is 4.79 Å². The highest BCUT2D eigenvalue weighted by molar-refractivity contribution is 5.80. The van der Waals surface area contributed by atoms with Crippen molar-refractivity contribution in [3.63, 3.8) is 0 Å². The summed E-state index contributed by atoms with van der Waals surface area (Å²) in [5.74, 6) is -0.716. The second-order valence-electron chi connectivity index (χ2n) is 5.93. The quantitative estimate of drug-likeness (QED) is 0.674.